The van der Waals surface area contributed by atoms with Crippen molar-refractivity contribution in [1.29, 1.82) is 0 Å². The van der Waals surface area contributed by atoms with E-state index in [1.54, 1.807) is 7.11 Å². The lowest BCUT2D eigenvalue weighted by Crippen LogP contribution is -2.39. The van der Waals surface area contributed by atoms with Crippen LogP contribution in [-0.4, -0.2) is 20.2 Å². The first-order chi connectivity index (χ1) is 5.90. The second kappa shape index (κ2) is 3.15. The number of hydrogen-bond acceptors (Lipinski definition) is 2. The molecule has 12 heavy (non-hydrogen) atoms. The third-order valence-electron chi connectivity index (χ3n) is 2.37. The number of ether oxygens (including phenoxy) is 1. The molecule has 1 aliphatic heterocycles. The van der Waals surface area contributed by atoms with Gasteiger partial charge in [-0.3, -0.25) is 0 Å². The molecule has 1 aromatic rings. The minimum absolute atomic E-state index is 0.718. The van der Waals surface area contributed by atoms with E-state index < -0.39 is 0 Å². The van der Waals surface area contributed by atoms with Crippen LogP contribution in [0.2, 0.25) is 0 Å². The number of nitrogens with one attached hydrogen (secondary N) is 1. The normalized spacial score (nSPS) is 17.1. The molecule has 0 radical (unpaired) electrons. The molecule has 0 unspecified atom stereocenters. The van der Waals surface area contributed by atoms with Crippen LogP contribution in [-0.2, 0) is 0 Å². The molecule has 0 amide bonds. The van der Waals surface area contributed by atoms with Crippen molar-refractivity contribution < 1.29 is 4.74 Å². The number of rotatable bonds is 2. The minimum Gasteiger partial charge on any atom is -0.497 e. The second-order valence-electron chi connectivity index (χ2n) is 3.13. The van der Waals surface area contributed by atoms with E-state index in [2.05, 4.69) is 17.4 Å². The van der Waals surface area contributed by atoms with E-state index in [0.717, 1.165) is 24.8 Å². The van der Waals surface area contributed by atoms with Gasteiger partial charge in [0.2, 0.25) is 0 Å². The predicted octanol–water partition coefficient (Wildman–Crippen LogP) is 1.38. The fourth-order valence-electron chi connectivity index (χ4n) is 1.40. The van der Waals surface area contributed by atoms with Crippen molar-refractivity contribution in [1.82, 2.24) is 5.32 Å². The summed E-state index contributed by atoms with van der Waals surface area (Å²) in [6.07, 6.45) is 0. The summed E-state index contributed by atoms with van der Waals surface area (Å²) in [4.78, 5) is 0. The van der Waals surface area contributed by atoms with Crippen LogP contribution < -0.4 is 10.1 Å². The molecular formula is C10H13NO. The minimum atomic E-state index is 0.718. The molecule has 1 N–H and O–H groups in total. The van der Waals surface area contributed by atoms with E-state index >= 15 is 0 Å². The zero-order valence-electron chi connectivity index (χ0n) is 7.21. The van der Waals surface area contributed by atoms with Crippen molar-refractivity contribution in [2.75, 3.05) is 20.2 Å². The topological polar surface area (TPSA) is 21.3 Å². The van der Waals surface area contributed by atoms with Gasteiger partial charge in [0.15, 0.2) is 0 Å². The molecule has 0 spiro atoms. The van der Waals surface area contributed by atoms with E-state index in [9.17, 15) is 0 Å². The highest BCUT2D eigenvalue weighted by atomic mass is 16.5. The van der Waals surface area contributed by atoms with Gasteiger partial charge in [0, 0.05) is 19.0 Å². The maximum atomic E-state index is 5.08. The SMILES string of the molecule is COc1ccc(C2CNC2)cc1. The maximum absolute atomic E-state index is 5.08. The summed E-state index contributed by atoms with van der Waals surface area (Å²) < 4.78 is 5.08. The molecule has 0 aromatic heterocycles. The Labute approximate surface area is 72.5 Å². The smallest absolute Gasteiger partial charge is 0.118 e. The molecule has 1 fully saturated rings. The van der Waals surface area contributed by atoms with Gasteiger partial charge in [0.25, 0.3) is 0 Å². The summed E-state index contributed by atoms with van der Waals surface area (Å²) in [6, 6.07) is 8.33. The van der Waals surface area contributed by atoms with Crippen LogP contribution in [0.25, 0.3) is 0 Å². The highest BCUT2D eigenvalue weighted by Gasteiger charge is 2.18. The van der Waals surface area contributed by atoms with Crippen molar-refractivity contribution in [2.45, 2.75) is 5.92 Å². The van der Waals surface area contributed by atoms with E-state index in [0.29, 0.717) is 0 Å². The zero-order valence-corrected chi connectivity index (χ0v) is 7.21. The van der Waals surface area contributed by atoms with E-state index in [1.165, 1.54) is 5.56 Å². The van der Waals surface area contributed by atoms with Crippen LogP contribution in [0.4, 0.5) is 0 Å². The Kier molecular flexibility index (Phi) is 2.00. The van der Waals surface area contributed by atoms with Crippen LogP contribution >= 0.6 is 0 Å². The molecule has 2 heteroatoms. The molecule has 1 aliphatic rings. The van der Waals surface area contributed by atoms with Crippen LogP contribution in [0.5, 0.6) is 5.75 Å². The third kappa shape index (κ3) is 1.30. The van der Waals surface area contributed by atoms with Crippen molar-refractivity contribution in [3.63, 3.8) is 0 Å². The van der Waals surface area contributed by atoms with Crippen LogP contribution in [0, 0.1) is 0 Å². The molecule has 1 heterocycles. The first kappa shape index (κ1) is 7.62. The third-order valence-corrected chi connectivity index (χ3v) is 2.37. The van der Waals surface area contributed by atoms with Gasteiger partial charge >= 0.3 is 0 Å². The summed E-state index contributed by atoms with van der Waals surface area (Å²) in [6.45, 7) is 2.23. The molecule has 0 bridgehead atoms. The fraction of sp³-hybridized carbons (Fsp3) is 0.400. The second-order valence-corrected chi connectivity index (χ2v) is 3.13. The average molecular weight is 163 g/mol. The molecule has 0 aliphatic carbocycles. The van der Waals surface area contributed by atoms with Gasteiger partial charge in [-0.15, -0.1) is 0 Å². The van der Waals surface area contributed by atoms with Crippen LogP contribution in [0.1, 0.15) is 11.5 Å². The summed E-state index contributed by atoms with van der Waals surface area (Å²) in [5.74, 6) is 1.65. The monoisotopic (exact) mass is 163 g/mol. The molecule has 0 atom stereocenters. The summed E-state index contributed by atoms with van der Waals surface area (Å²) >= 11 is 0. The van der Waals surface area contributed by atoms with E-state index in [-0.39, 0.29) is 0 Å². The van der Waals surface area contributed by atoms with Gasteiger partial charge in [0.05, 0.1) is 7.11 Å². The average Bonchev–Trinajstić information content (AvgIpc) is 2.03. The molecule has 2 rings (SSSR count). The lowest BCUT2D eigenvalue weighted by atomic mass is 9.94. The molecule has 1 aromatic carbocycles. The predicted molar refractivity (Wildman–Crippen MR) is 48.6 cm³/mol. The first-order valence-corrected chi connectivity index (χ1v) is 4.25. The van der Waals surface area contributed by atoms with Crippen molar-refractivity contribution in [3.05, 3.63) is 29.8 Å². The van der Waals surface area contributed by atoms with Gasteiger partial charge in [-0.1, -0.05) is 12.1 Å². The van der Waals surface area contributed by atoms with Gasteiger partial charge in [0.1, 0.15) is 5.75 Å². The quantitative estimate of drug-likeness (QED) is 0.711. The number of methoxy groups -OCH3 is 1. The number of hydrogen-bond donors (Lipinski definition) is 1. The molecular weight excluding hydrogens is 150 g/mol. The van der Waals surface area contributed by atoms with Crippen LogP contribution in [0.3, 0.4) is 0 Å². The van der Waals surface area contributed by atoms with Gasteiger partial charge in [-0.25, -0.2) is 0 Å². The van der Waals surface area contributed by atoms with Crippen molar-refractivity contribution >= 4 is 0 Å². The Balaban J connectivity index is 2.13. The lowest BCUT2D eigenvalue weighted by molar-refractivity contribution is 0.413. The Morgan fingerprint density at radius 1 is 1.25 bits per heavy atom. The number of benzene rings is 1. The Bertz CT molecular complexity index is 251. The van der Waals surface area contributed by atoms with Gasteiger partial charge < -0.3 is 10.1 Å². The molecule has 1 saturated heterocycles. The summed E-state index contributed by atoms with van der Waals surface area (Å²) in [7, 11) is 1.69. The molecule has 64 valence electrons. The summed E-state index contributed by atoms with van der Waals surface area (Å²) in [5, 5.41) is 3.26. The Hall–Kier alpha value is -1.02. The standard InChI is InChI=1S/C10H13NO/c1-12-10-4-2-8(3-5-10)9-6-11-7-9/h2-5,9,11H,6-7H2,1H3. The zero-order chi connectivity index (χ0) is 8.39. The van der Waals surface area contributed by atoms with Crippen LogP contribution in [0.15, 0.2) is 24.3 Å². The fourth-order valence-corrected chi connectivity index (χ4v) is 1.40. The highest BCUT2D eigenvalue weighted by molar-refractivity contribution is 5.30. The Morgan fingerprint density at radius 3 is 2.33 bits per heavy atom. The van der Waals surface area contributed by atoms with Crippen molar-refractivity contribution in [3.8, 4) is 5.75 Å². The van der Waals surface area contributed by atoms with Crippen molar-refractivity contribution in [2.24, 2.45) is 0 Å². The van der Waals surface area contributed by atoms with Gasteiger partial charge in [-0.05, 0) is 17.7 Å². The largest absolute Gasteiger partial charge is 0.497 e. The van der Waals surface area contributed by atoms with Gasteiger partial charge in [-0.2, -0.15) is 0 Å². The Morgan fingerprint density at radius 2 is 1.92 bits per heavy atom. The first-order valence-electron chi connectivity index (χ1n) is 4.25. The van der Waals surface area contributed by atoms with E-state index in [4.69, 9.17) is 4.74 Å². The maximum Gasteiger partial charge on any atom is 0.118 e. The van der Waals surface area contributed by atoms with E-state index in [1.807, 2.05) is 12.1 Å². The summed E-state index contributed by atoms with van der Waals surface area (Å²) in [5.41, 5.74) is 1.41. The highest BCUT2D eigenvalue weighted by Crippen LogP contribution is 2.21. The molecule has 2 nitrogen and oxygen atoms in total. The lowest BCUT2D eigenvalue weighted by Gasteiger charge is -2.27. The molecule has 0 saturated carbocycles.